The van der Waals surface area contributed by atoms with Crippen LogP contribution in [0.15, 0.2) is 60.7 Å². The number of fused-ring (bicyclic) bond motifs is 3. The Morgan fingerprint density at radius 1 is 1.00 bits per heavy atom. The summed E-state index contributed by atoms with van der Waals surface area (Å²) in [5.74, 6) is 3.58. The van der Waals surface area contributed by atoms with Crippen LogP contribution in [0, 0.1) is 23.5 Å². The molecule has 156 valence electrons. The maximum Gasteiger partial charge on any atom is 0.407 e. The van der Waals surface area contributed by atoms with Gasteiger partial charge in [-0.3, -0.25) is 0 Å². The molecule has 0 bridgehead atoms. The van der Waals surface area contributed by atoms with Gasteiger partial charge in [0.1, 0.15) is 17.4 Å². The van der Waals surface area contributed by atoms with E-state index < -0.39 is 22.8 Å². The highest BCUT2D eigenvalue weighted by Crippen LogP contribution is 2.44. The summed E-state index contributed by atoms with van der Waals surface area (Å²) in [6.07, 6.45) is -0.266. The molecule has 1 aliphatic rings. The predicted octanol–water partition coefficient (Wildman–Crippen LogP) is 5.90. The van der Waals surface area contributed by atoms with Crippen molar-refractivity contribution in [3.63, 3.8) is 0 Å². The molecule has 0 aliphatic heterocycles. The molecule has 0 saturated carbocycles. The highest BCUT2D eigenvalue weighted by Gasteiger charge is 2.28. The number of benzene rings is 3. The third-order valence-electron chi connectivity index (χ3n) is 5.12. The van der Waals surface area contributed by atoms with Crippen molar-refractivity contribution in [3.8, 4) is 23.0 Å². The van der Waals surface area contributed by atoms with E-state index in [9.17, 15) is 13.6 Å². The van der Waals surface area contributed by atoms with Crippen molar-refractivity contribution in [2.45, 2.75) is 12.3 Å². The molecule has 3 aromatic carbocycles. The Balaban J connectivity index is 1.30. The van der Waals surface area contributed by atoms with E-state index in [1.54, 1.807) is 0 Å². The quantitative estimate of drug-likeness (QED) is 0.313. The largest absolute Gasteiger partial charge is 0.449 e. The zero-order valence-electron chi connectivity index (χ0n) is 16.4. The average molecular weight is 438 g/mol. The third kappa shape index (κ3) is 4.40. The van der Waals surface area contributed by atoms with Crippen molar-refractivity contribution >= 4 is 17.7 Å². The fourth-order valence-electron chi connectivity index (χ4n) is 3.66. The second kappa shape index (κ2) is 9.20. The van der Waals surface area contributed by atoms with E-state index >= 15 is 0 Å². The van der Waals surface area contributed by atoms with Crippen LogP contribution >= 0.6 is 11.6 Å². The number of halogens is 3. The summed E-state index contributed by atoms with van der Waals surface area (Å²) >= 11 is 5.52. The van der Waals surface area contributed by atoms with Crippen LogP contribution in [-0.4, -0.2) is 19.2 Å². The molecule has 0 fully saturated rings. The van der Waals surface area contributed by atoms with Crippen LogP contribution in [0.3, 0.4) is 0 Å². The number of amides is 1. The first-order valence-electron chi connectivity index (χ1n) is 9.77. The van der Waals surface area contributed by atoms with E-state index in [1.807, 2.05) is 24.3 Å². The Morgan fingerprint density at radius 3 is 2.32 bits per heavy atom. The standard InChI is InChI=1S/C25H18ClF2NO2/c26-23-22(27)13-12-16(24(23)28)7-5-6-14-29-25(30)31-15-21-19-10-3-1-8-17(19)18-9-2-4-11-20(18)21/h1-4,8-13,21H,6,14-15H2,(H,29,30). The van der Waals surface area contributed by atoms with Crippen molar-refractivity contribution in [1.29, 1.82) is 0 Å². The molecule has 0 spiro atoms. The van der Waals surface area contributed by atoms with E-state index in [1.165, 1.54) is 6.07 Å². The van der Waals surface area contributed by atoms with Crippen molar-refractivity contribution in [3.05, 3.63) is 94.0 Å². The smallest absolute Gasteiger partial charge is 0.407 e. The molecule has 0 saturated heterocycles. The first kappa shape index (κ1) is 20.9. The summed E-state index contributed by atoms with van der Waals surface area (Å²) < 4.78 is 32.4. The molecular weight excluding hydrogens is 420 g/mol. The minimum Gasteiger partial charge on any atom is -0.449 e. The highest BCUT2D eigenvalue weighted by molar-refractivity contribution is 6.31. The van der Waals surface area contributed by atoms with Gasteiger partial charge in [-0.15, -0.1) is 0 Å². The number of nitrogens with one attached hydrogen (secondary N) is 1. The number of hydrogen-bond acceptors (Lipinski definition) is 2. The van der Waals surface area contributed by atoms with Crippen LogP contribution in [0.1, 0.15) is 29.0 Å². The first-order chi connectivity index (χ1) is 15.1. The Labute approximate surface area is 184 Å². The minimum absolute atomic E-state index is 0.00698. The molecule has 3 aromatic rings. The lowest BCUT2D eigenvalue weighted by molar-refractivity contribution is 0.143. The van der Waals surface area contributed by atoms with Crippen LogP contribution in [0.25, 0.3) is 11.1 Å². The lowest BCUT2D eigenvalue weighted by atomic mass is 9.98. The summed E-state index contributed by atoms with van der Waals surface area (Å²) in [4.78, 5) is 12.1. The minimum atomic E-state index is -0.890. The fourth-order valence-corrected chi connectivity index (χ4v) is 3.82. The first-order valence-corrected chi connectivity index (χ1v) is 10.1. The molecule has 4 rings (SSSR count). The molecule has 1 amide bonds. The van der Waals surface area contributed by atoms with Crippen LogP contribution < -0.4 is 5.32 Å². The van der Waals surface area contributed by atoms with Crippen molar-refractivity contribution in [2.75, 3.05) is 13.2 Å². The molecule has 1 N–H and O–H groups in total. The van der Waals surface area contributed by atoms with E-state index in [4.69, 9.17) is 16.3 Å². The zero-order valence-corrected chi connectivity index (χ0v) is 17.2. The molecule has 31 heavy (non-hydrogen) atoms. The summed E-state index contributed by atoms with van der Waals surface area (Å²) in [6, 6.07) is 18.5. The van der Waals surface area contributed by atoms with Gasteiger partial charge < -0.3 is 10.1 Å². The molecule has 0 radical (unpaired) electrons. The summed E-state index contributed by atoms with van der Waals surface area (Å²) in [5.41, 5.74) is 4.61. The number of carbonyl (C=O) groups is 1. The molecular formula is C25H18ClF2NO2. The van der Waals surface area contributed by atoms with Gasteiger partial charge in [0.25, 0.3) is 0 Å². The van der Waals surface area contributed by atoms with Crippen molar-refractivity contribution in [1.82, 2.24) is 5.32 Å². The fraction of sp³-hybridized carbons (Fsp3) is 0.160. The van der Waals surface area contributed by atoms with E-state index in [-0.39, 0.29) is 31.1 Å². The average Bonchev–Trinajstić information content (AvgIpc) is 3.11. The van der Waals surface area contributed by atoms with Gasteiger partial charge in [-0.05, 0) is 34.4 Å². The van der Waals surface area contributed by atoms with Gasteiger partial charge in [0.15, 0.2) is 5.82 Å². The van der Waals surface area contributed by atoms with Crippen LogP contribution in [0.2, 0.25) is 5.02 Å². The number of carbonyl (C=O) groups excluding carboxylic acids is 1. The molecule has 6 heteroatoms. The lowest BCUT2D eigenvalue weighted by Crippen LogP contribution is -2.26. The second-order valence-electron chi connectivity index (χ2n) is 7.03. The second-order valence-corrected chi connectivity index (χ2v) is 7.40. The van der Waals surface area contributed by atoms with Gasteiger partial charge in [0, 0.05) is 18.9 Å². The topological polar surface area (TPSA) is 38.3 Å². The third-order valence-corrected chi connectivity index (χ3v) is 5.47. The Bertz CT molecular complexity index is 1150. The summed E-state index contributed by atoms with van der Waals surface area (Å²) in [6.45, 7) is 0.463. The van der Waals surface area contributed by atoms with Gasteiger partial charge in [-0.2, -0.15) is 0 Å². The van der Waals surface area contributed by atoms with Gasteiger partial charge >= 0.3 is 6.09 Å². The van der Waals surface area contributed by atoms with Crippen LogP contribution in [-0.2, 0) is 4.74 Å². The molecule has 0 aromatic heterocycles. The monoisotopic (exact) mass is 437 g/mol. The number of alkyl carbamates (subject to hydrolysis) is 1. The molecule has 0 heterocycles. The van der Waals surface area contributed by atoms with Crippen LogP contribution in [0.5, 0.6) is 0 Å². The molecule has 0 unspecified atom stereocenters. The maximum atomic E-state index is 13.8. The van der Waals surface area contributed by atoms with Crippen molar-refractivity contribution < 1.29 is 18.3 Å². The summed E-state index contributed by atoms with van der Waals surface area (Å²) in [5, 5.41) is 2.05. The van der Waals surface area contributed by atoms with Crippen LogP contribution in [0.4, 0.5) is 13.6 Å². The van der Waals surface area contributed by atoms with E-state index in [0.717, 1.165) is 28.3 Å². The molecule has 3 nitrogen and oxygen atoms in total. The number of hydrogen-bond donors (Lipinski definition) is 1. The predicted molar refractivity (Wildman–Crippen MR) is 116 cm³/mol. The van der Waals surface area contributed by atoms with Crippen molar-refractivity contribution in [2.24, 2.45) is 0 Å². The summed E-state index contributed by atoms with van der Waals surface area (Å²) in [7, 11) is 0. The van der Waals surface area contributed by atoms with Gasteiger partial charge in [0.2, 0.25) is 0 Å². The van der Waals surface area contributed by atoms with E-state index in [0.29, 0.717) is 0 Å². The molecule has 0 atom stereocenters. The lowest BCUT2D eigenvalue weighted by Gasteiger charge is -2.14. The Hall–Kier alpha value is -3.36. The van der Waals surface area contributed by atoms with E-state index in [2.05, 4.69) is 41.4 Å². The Kier molecular flexibility index (Phi) is 6.20. The normalized spacial score (nSPS) is 11.8. The highest BCUT2D eigenvalue weighted by atomic mass is 35.5. The van der Waals surface area contributed by atoms with Gasteiger partial charge in [-0.1, -0.05) is 72.0 Å². The molecule has 1 aliphatic carbocycles. The Morgan fingerprint density at radius 2 is 1.65 bits per heavy atom. The zero-order chi connectivity index (χ0) is 21.8. The van der Waals surface area contributed by atoms with Gasteiger partial charge in [-0.25, -0.2) is 13.6 Å². The van der Waals surface area contributed by atoms with Gasteiger partial charge in [0.05, 0.1) is 5.56 Å². The SMILES string of the molecule is O=C(NCCC#Cc1ccc(F)c(Cl)c1F)OCC1c2ccccc2-c2ccccc21. The maximum absolute atomic E-state index is 13.8. The number of rotatable bonds is 4. The number of ether oxygens (including phenoxy) is 1.